The Labute approximate surface area is 173 Å². The summed E-state index contributed by atoms with van der Waals surface area (Å²) in [6, 6.07) is 18.4. The largest absolute Gasteiger partial charge is 0.352 e. The maximum atomic E-state index is 13.0. The first-order chi connectivity index (χ1) is 13.8. The molecule has 0 aliphatic rings. The van der Waals surface area contributed by atoms with Gasteiger partial charge in [-0.05, 0) is 54.4 Å². The second kappa shape index (κ2) is 9.07. The molecule has 0 saturated carbocycles. The first kappa shape index (κ1) is 20.8. The number of carbonyl (C=O) groups excluding carboxylic acids is 1. The summed E-state index contributed by atoms with van der Waals surface area (Å²) in [4.78, 5) is 12.4. The third-order valence-electron chi connectivity index (χ3n) is 4.13. The summed E-state index contributed by atoms with van der Waals surface area (Å²) < 4.78 is 40.5. The topological polar surface area (TPSA) is 75.3 Å². The number of amides is 1. The molecule has 0 atom stereocenters. The van der Waals surface area contributed by atoms with Gasteiger partial charge in [-0.1, -0.05) is 41.9 Å². The number of hydrogen-bond donors (Lipinski definition) is 2. The van der Waals surface area contributed by atoms with E-state index in [1.165, 1.54) is 30.3 Å². The van der Waals surface area contributed by atoms with E-state index in [4.69, 9.17) is 11.6 Å². The van der Waals surface area contributed by atoms with Crippen molar-refractivity contribution in [2.45, 2.75) is 11.3 Å². The molecule has 0 aliphatic heterocycles. The van der Waals surface area contributed by atoms with Crippen molar-refractivity contribution in [2.24, 2.45) is 0 Å². The number of benzene rings is 3. The van der Waals surface area contributed by atoms with Crippen LogP contribution in [0.5, 0.6) is 0 Å². The Hall–Kier alpha value is -2.90. The molecule has 0 heterocycles. The quantitative estimate of drug-likeness (QED) is 0.586. The standard InChI is InChI=1S/C21H18ClFN2O3S/c22-20-11-10-18(29(27,28)25-17-8-6-16(23)7-9-17)14-19(20)21(26)24-13-12-15-4-2-1-3-5-15/h1-11,14,25H,12-13H2,(H,24,26). The Morgan fingerprint density at radius 1 is 0.966 bits per heavy atom. The Morgan fingerprint density at radius 2 is 1.66 bits per heavy atom. The lowest BCUT2D eigenvalue weighted by Gasteiger charge is -2.11. The van der Waals surface area contributed by atoms with E-state index in [1.54, 1.807) is 0 Å². The molecular formula is C21H18ClFN2O3S. The molecule has 3 aromatic rings. The first-order valence-electron chi connectivity index (χ1n) is 8.75. The van der Waals surface area contributed by atoms with Gasteiger partial charge in [0, 0.05) is 12.2 Å². The summed E-state index contributed by atoms with van der Waals surface area (Å²) in [6.45, 7) is 0.379. The molecule has 0 fully saturated rings. The van der Waals surface area contributed by atoms with Gasteiger partial charge in [0.25, 0.3) is 15.9 Å². The van der Waals surface area contributed by atoms with E-state index in [2.05, 4.69) is 10.0 Å². The van der Waals surface area contributed by atoms with E-state index in [1.807, 2.05) is 30.3 Å². The number of sulfonamides is 1. The molecule has 0 bridgehead atoms. The molecule has 0 aromatic heterocycles. The molecule has 0 unspecified atom stereocenters. The van der Waals surface area contributed by atoms with Crippen LogP contribution in [0.1, 0.15) is 15.9 Å². The van der Waals surface area contributed by atoms with Gasteiger partial charge in [-0.25, -0.2) is 12.8 Å². The molecular weight excluding hydrogens is 415 g/mol. The molecule has 0 aliphatic carbocycles. The van der Waals surface area contributed by atoms with Crippen LogP contribution in [0.3, 0.4) is 0 Å². The number of nitrogens with one attached hydrogen (secondary N) is 2. The third-order valence-corrected chi connectivity index (χ3v) is 5.84. The molecule has 0 radical (unpaired) electrons. The van der Waals surface area contributed by atoms with E-state index >= 15 is 0 Å². The van der Waals surface area contributed by atoms with E-state index in [0.717, 1.165) is 17.7 Å². The molecule has 150 valence electrons. The predicted octanol–water partition coefficient (Wildman–Crippen LogP) is 4.25. The van der Waals surface area contributed by atoms with Crippen LogP contribution in [0.15, 0.2) is 77.7 Å². The highest BCUT2D eigenvalue weighted by molar-refractivity contribution is 7.92. The van der Waals surface area contributed by atoms with Crippen LogP contribution in [0, 0.1) is 5.82 Å². The van der Waals surface area contributed by atoms with Crippen LogP contribution >= 0.6 is 11.6 Å². The van der Waals surface area contributed by atoms with E-state index in [-0.39, 0.29) is 21.2 Å². The molecule has 8 heteroatoms. The summed E-state index contributed by atoms with van der Waals surface area (Å²) in [5, 5.41) is 2.88. The average Bonchev–Trinajstić information content (AvgIpc) is 2.70. The monoisotopic (exact) mass is 432 g/mol. The van der Waals surface area contributed by atoms with Gasteiger partial charge in [0.2, 0.25) is 0 Å². The summed E-state index contributed by atoms with van der Waals surface area (Å²) in [6.07, 6.45) is 0.633. The first-order valence-corrected chi connectivity index (χ1v) is 10.6. The van der Waals surface area contributed by atoms with E-state index in [9.17, 15) is 17.6 Å². The summed E-state index contributed by atoms with van der Waals surface area (Å²) in [7, 11) is -3.97. The van der Waals surface area contributed by atoms with Crippen molar-refractivity contribution in [2.75, 3.05) is 11.3 Å². The lowest BCUT2D eigenvalue weighted by atomic mass is 10.1. The summed E-state index contributed by atoms with van der Waals surface area (Å²) in [5.41, 5.74) is 1.33. The number of halogens is 2. The van der Waals surface area contributed by atoms with Crippen LogP contribution in [-0.2, 0) is 16.4 Å². The second-order valence-electron chi connectivity index (χ2n) is 6.25. The average molecular weight is 433 g/mol. The molecule has 5 nitrogen and oxygen atoms in total. The molecule has 3 aromatic carbocycles. The Morgan fingerprint density at radius 3 is 2.34 bits per heavy atom. The minimum atomic E-state index is -3.97. The van der Waals surface area contributed by atoms with Crippen molar-refractivity contribution in [3.8, 4) is 0 Å². The van der Waals surface area contributed by atoms with Gasteiger partial charge in [0.1, 0.15) is 5.82 Å². The van der Waals surface area contributed by atoms with Crippen molar-refractivity contribution < 1.29 is 17.6 Å². The number of rotatable bonds is 7. The molecule has 2 N–H and O–H groups in total. The van der Waals surface area contributed by atoms with Gasteiger partial charge in [-0.2, -0.15) is 0 Å². The molecule has 0 saturated heterocycles. The molecule has 29 heavy (non-hydrogen) atoms. The summed E-state index contributed by atoms with van der Waals surface area (Å²) >= 11 is 6.10. The highest BCUT2D eigenvalue weighted by atomic mass is 35.5. The fourth-order valence-corrected chi connectivity index (χ4v) is 3.93. The highest BCUT2D eigenvalue weighted by Gasteiger charge is 2.19. The zero-order valence-corrected chi connectivity index (χ0v) is 16.8. The van der Waals surface area contributed by atoms with Gasteiger partial charge < -0.3 is 5.32 Å². The van der Waals surface area contributed by atoms with Gasteiger partial charge in [-0.15, -0.1) is 0 Å². The van der Waals surface area contributed by atoms with Gasteiger partial charge >= 0.3 is 0 Å². The van der Waals surface area contributed by atoms with Crippen molar-refractivity contribution >= 4 is 33.2 Å². The van der Waals surface area contributed by atoms with Crippen LogP contribution in [-0.4, -0.2) is 20.9 Å². The maximum Gasteiger partial charge on any atom is 0.261 e. The lowest BCUT2D eigenvalue weighted by molar-refractivity contribution is 0.0954. The minimum Gasteiger partial charge on any atom is -0.352 e. The Bertz CT molecular complexity index is 1100. The Balaban J connectivity index is 1.72. The zero-order valence-electron chi connectivity index (χ0n) is 15.2. The van der Waals surface area contributed by atoms with Gasteiger partial charge in [0.15, 0.2) is 0 Å². The van der Waals surface area contributed by atoms with Crippen LogP contribution in [0.4, 0.5) is 10.1 Å². The van der Waals surface area contributed by atoms with Crippen LogP contribution in [0.25, 0.3) is 0 Å². The van der Waals surface area contributed by atoms with Crippen molar-refractivity contribution in [3.05, 3.63) is 94.8 Å². The van der Waals surface area contributed by atoms with E-state index in [0.29, 0.717) is 13.0 Å². The van der Waals surface area contributed by atoms with Gasteiger partial charge in [-0.3, -0.25) is 9.52 Å². The minimum absolute atomic E-state index is 0.0571. The number of anilines is 1. The molecule has 0 spiro atoms. The summed E-state index contributed by atoms with van der Waals surface area (Å²) in [5.74, 6) is -0.946. The van der Waals surface area contributed by atoms with Crippen LogP contribution in [0.2, 0.25) is 5.02 Å². The fourth-order valence-electron chi connectivity index (χ4n) is 2.64. The highest BCUT2D eigenvalue weighted by Crippen LogP contribution is 2.22. The zero-order chi connectivity index (χ0) is 20.9. The number of hydrogen-bond acceptors (Lipinski definition) is 3. The van der Waals surface area contributed by atoms with Gasteiger partial charge in [0.05, 0.1) is 15.5 Å². The van der Waals surface area contributed by atoms with Crippen molar-refractivity contribution in [3.63, 3.8) is 0 Å². The Kier molecular flexibility index (Phi) is 6.51. The smallest absolute Gasteiger partial charge is 0.261 e. The van der Waals surface area contributed by atoms with E-state index < -0.39 is 21.7 Å². The second-order valence-corrected chi connectivity index (χ2v) is 8.34. The van der Waals surface area contributed by atoms with Crippen LogP contribution < -0.4 is 10.0 Å². The SMILES string of the molecule is O=C(NCCc1ccccc1)c1cc(S(=O)(=O)Nc2ccc(F)cc2)ccc1Cl. The lowest BCUT2D eigenvalue weighted by Crippen LogP contribution is -2.26. The maximum absolute atomic E-state index is 13.0. The third kappa shape index (κ3) is 5.56. The predicted molar refractivity (Wildman–Crippen MR) is 111 cm³/mol. The fraction of sp³-hybridized carbons (Fsp3) is 0.0952. The van der Waals surface area contributed by atoms with Crippen molar-refractivity contribution in [1.82, 2.24) is 5.32 Å². The normalized spacial score (nSPS) is 11.1. The molecule has 1 amide bonds. The van der Waals surface area contributed by atoms with Crippen molar-refractivity contribution in [1.29, 1.82) is 0 Å². The number of carbonyl (C=O) groups is 1. The molecule has 3 rings (SSSR count).